The van der Waals surface area contributed by atoms with Gasteiger partial charge in [-0.3, -0.25) is 4.79 Å². The van der Waals surface area contributed by atoms with E-state index in [1.54, 1.807) is 13.8 Å². The molecule has 0 aliphatic carbocycles. The van der Waals surface area contributed by atoms with Gasteiger partial charge >= 0.3 is 0 Å². The van der Waals surface area contributed by atoms with Crippen LogP contribution in [0.5, 0.6) is 0 Å². The SMILES string of the molecule is CC(C)(C(=O)Nc1cc(I)ccc1Br)C(N)=S. The van der Waals surface area contributed by atoms with Crippen LogP contribution < -0.4 is 11.1 Å². The Morgan fingerprint density at radius 2 is 2.12 bits per heavy atom. The minimum Gasteiger partial charge on any atom is -0.392 e. The Hall–Kier alpha value is -0.210. The molecule has 0 saturated carbocycles. The number of thiocarbonyl (C=S) groups is 1. The van der Waals surface area contributed by atoms with Crippen molar-refractivity contribution >= 4 is 67.3 Å². The average molecular weight is 427 g/mol. The second-order valence-electron chi connectivity index (χ2n) is 4.07. The van der Waals surface area contributed by atoms with Crippen molar-refractivity contribution in [3.05, 3.63) is 26.2 Å². The molecule has 0 atom stereocenters. The third kappa shape index (κ3) is 3.62. The van der Waals surface area contributed by atoms with Gasteiger partial charge in [-0.05, 0) is 70.6 Å². The molecule has 0 aliphatic heterocycles. The van der Waals surface area contributed by atoms with E-state index in [2.05, 4.69) is 43.8 Å². The van der Waals surface area contributed by atoms with Crippen molar-refractivity contribution in [3.8, 4) is 0 Å². The number of hydrogen-bond acceptors (Lipinski definition) is 2. The first-order valence-corrected chi connectivity index (χ1v) is 7.09. The quantitative estimate of drug-likeness (QED) is 0.575. The highest BCUT2D eigenvalue weighted by Crippen LogP contribution is 2.26. The van der Waals surface area contributed by atoms with Crippen LogP contribution in [0.4, 0.5) is 5.69 Å². The summed E-state index contributed by atoms with van der Waals surface area (Å²) in [5.74, 6) is -0.215. The topological polar surface area (TPSA) is 55.1 Å². The van der Waals surface area contributed by atoms with Gasteiger partial charge in [-0.25, -0.2) is 0 Å². The third-order valence-electron chi connectivity index (χ3n) is 2.36. The first kappa shape index (κ1) is 14.8. The molecule has 3 nitrogen and oxygen atoms in total. The summed E-state index contributed by atoms with van der Waals surface area (Å²) in [6, 6.07) is 5.70. The van der Waals surface area contributed by atoms with E-state index in [0.29, 0.717) is 5.69 Å². The van der Waals surface area contributed by atoms with Gasteiger partial charge in [0.15, 0.2) is 0 Å². The lowest BCUT2D eigenvalue weighted by Crippen LogP contribution is -2.41. The van der Waals surface area contributed by atoms with Gasteiger partial charge < -0.3 is 11.1 Å². The molecule has 0 bridgehead atoms. The summed E-state index contributed by atoms with van der Waals surface area (Å²) in [5, 5.41) is 2.81. The lowest BCUT2D eigenvalue weighted by atomic mass is 9.92. The number of halogens is 2. The molecule has 0 aliphatic rings. The van der Waals surface area contributed by atoms with Crippen LogP contribution in [-0.4, -0.2) is 10.9 Å². The fourth-order valence-corrected chi connectivity index (χ4v) is 1.91. The Bertz CT molecular complexity index is 477. The normalized spacial score (nSPS) is 11.1. The van der Waals surface area contributed by atoms with E-state index in [0.717, 1.165) is 8.04 Å². The summed E-state index contributed by atoms with van der Waals surface area (Å²) in [7, 11) is 0. The van der Waals surface area contributed by atoms with E-state index in [1.165, 1.54) is 0 Å². The number of carbonyl (C=O) groups is 1. The van der Waals surface area contributed by atoms with Gasteiger partial charge in [-0.15, -0.1) is 0 Å². The van der Waals surface area contributed by atoms with E-state index in [9.17, 15) is 4.79 Å². The van der Waals surface area contributed by atoms with Crippen molar-refractivity contribution in [1.82, 2.24) is 0 Å². The van der Waals surface area contributed by atoms with E-state index >= 15 is 0 Å². The molecule has 3 N–H and O–H groups in total. The van der Waals surface area contributed by atoms with Crippen molar-refractivity contribution in [2.24, 2.45) is 11.1 Å². The van der Waals surface area contributed by atoms with Gasteiger partial charge in [0.05, 0.1) is 16.1 Å². The van der Waals surface area contributed by atoms with Crippen molar-refractivity contribution in [2.45, 2.75) is 13.8 Å². The Balaban J connectivity index is 2.96. The van der Waals surface area contributed by atoms with Crippen LogP contribution >= 0.6 is 50.7 Å². The predicted molar refractivity (Wildman–Crippen MR) is 86.1 cm³/mol. The highest BCUT2D eigenvalue weighted by Gasteiger charge is 2.31. The van der Waals surface area contributed by atoms with Crippen molar-refractivity contribution in [1.29, 1.82) is 0 Å². The number of nitrogens with two attached hydrogens (primary N) is 1. The number of carbonyl (C=O) groups excluding carboxylic acids is 1. The monoisotopic (exact) mass is 426 g/mol. The number of nitrogens with one attached hydrogen (secondary N) is 1. The lowest BCUT2D eigenvalue weighted by molar-refractivity contribution is -0.121. The summed E-state index contributed by atoms with van der Waals surface area (Å²) in [4.78, 5) is 12.2. The fourth-order valence-electron chi connectivity index (χ4n) is 0.984. The van der Waals surface area contributed by atoms with Crippen LogP contribution in [0.3, 0.4) is 0 Å². The molecule has 0 spiro atoms. The van der Waals surface area contributed by atoms with E-state index in [4.69, 9.17) is 18.0 Å². The zero-order valence-electron chi connectivity index (χ0n) is 9.38. The number of amides is 1. The summed E-state index contributed by atoms with van der Waals surface area (Å²) < 4.78 is 1.86. The minimum absolute atomic E-state index is 0.178. The zero-order valence-corrected chi connectivity index (χ0v) is 13.9. The third-order valence-corrected chi connectivity index (χ3v) is 4.23. The van der Waals surface area contributed by atoms with Crippen LogP contribution in [0.25, 0.3) is 0 Å². The first-order valence-electron chi connectivity index (χ1n) is 4.81. The standard InChI is InChI=1S/C11H12BrIN2OS/c1-11(2,9(14)17)10(16)15-8-5-6(13)3-4-7(8)12/h3-5H,1-2H3,(H2,14,17)(H,15,16). The Morgan fingerprint density at radius 3 is 2.65 bits per heavy atom. The summed E-state index contributed by atoms with van der Waals surface area (Å²) in [6.07, 6.45) is 0. The van der Waals surface area contributed by atoms with Gasteiger partial charge in [-0.1, -0.05) is 12.2 Å². The smallest absolute Gasteiger partial charge is 0.236 e. The maximum Gasteiger partial charge on any atom is 0.236 e. The Labute approximate surface area is 128 Å². The number of rotatable bonds is 3. The molecule has 1 rings (SSSR count). The molecule has 1 amide bonds. The van der Waals surface area contributed by atoms with Crippen LogP contribution in [0.1, 0.15) is 13.8 Å². The average Bonchev–Trinajstić information content (AvgIpc) is 2.23. The second kappa shape index (κ2) is 5.62. The molecule has 1 aromatic rings. The second-order valence-corrected chi connectivity index (χ2v) is 6.61. The molecule has 0 aromatic heterocycles. The van der Waals surface area contributed by atoms with Gasteiger partial charge in [0.1, 0.15) is 0 Å². The van der Waals surface area contributed by atoms with E-state index in [1.807, 2.05) is 18.2 Å². The predicted octanol–water partition coefficient (Wildman–Crippen LogP) is 3.30. The first-order chi connectivity index (χ1) is 7.75. The highest BCUT2D eigenvalue weighted by atomic mass is 127. The molecule has 0 unspecified atom stereocenters. The maximum atomic E-state index is 12.0. The van der Waals surface area contributed by atoms with Crippen molar-refractivity contribution in [3.63, 3.8) is 0 Å². The van der Waals surface area contributed by atoms with Crippen LogP contribution in [0, 0.1) is 8.99 Å². The van der Waals surface area contributed by atoms with Crippen molar-refractivity contribution < 1.29 is 4.79 Å². The lowest BCUT2D eigenvalue weighted by Gasteiger charge is -2.22. The molecule has 92 valence electrons. The van der Waals surface area contributed by atoms with Crippen LogP contribution in [0.15, 0.2) is 22.7 Å². The molecule has 0 saturated heterocycles. The summed E-state index contributed by atoms with van der Waals surface area (Å²) in [6.45, 7) is 3.40. The van der Waals surface area contributed by atoms with Crippen LogP contribution in [0.2, 0.25) is 0 Å². The molecular weight excluding hydrogens is 415 g/mol. The summed E-state index contributed by atoms with van der Waals surface area (Å²) >= 11 is 10.4. The molecular formula is C11H12BrIN2OS. The van der Waals surface area contributed by atoms with Gasteiger partial charge in [0.25, 0.3) is 0 Å². The molecule has 0 radical (unpaired) electrons. The molecule has 0 fully saturated rings. The molecule has 1 aromatic carbocycles. The number of hydrogen-bond donors (Lipinski definition) is 2. The zero-order chi connectivity index (χ0) is 13.2. The van der Waals surface area contributed by atoms with Crippen LogP contribution in [-0.2, 0) is 4.79 Å². The van der Waals surface area contributed by atoms with E-state index in [-0.39, 0.29) is 10.9 Å². The fraction of sp³-hybridized carbons (Fsp3) is 0.273. The molecule has 17 heavy (non-hydrogen) atoms. The van der Waals surface area contributed by atoms with Gasteiger partial charge in [0.2, 0.25) is 5.91 Å². The van der Waals surface area contributed by atoms with Gasteiger partial charge in [-0.2, -0.15) is 0 Å². The minimum atomic E-state index is -0.865. The maximum absolute atomic E-state index is 12.0. The number of anilines is 1. The number of benzene rings is 1. The largest absolute Gasteiger partial charge is 0.392 e. The van der Waals surface area contributed by atoms with Gasteiger partial charge in [0, 0.05) is 8.04 Å². The molecule has 6 heteroatoms. The van der Waals surface area contributed by atoms with Crippen molar-refractivity contribution in [2.75, 3.05) is 5.32 Å². The Kier molecular flexibility index (Phi) is 4.91. The van der Waals surface area contributed by atoms with E-state index < -0.39 is 5.41 Å². The highest BCUT2D eigenvalue weighted by molar-refractivity contribution is 14.1. The molecule has 0 heterocycles. The summed E-state index contributed by atoms with van der Waals surface area (Å²) in [5.41, 5.74) is 5.40. The Morgan fingerprint density at radius 1 is 1.53 bits per heavy atom.